The average Bonchev–Trinajstić information content (AvgIpc) is 3.21. The summed E-state index contributed by atoms with van der Waals surface area (Å²) in [5.41, 5.74) is 3.00. The van der Waals surface area contributed by atoms with Gasteiger partial charge in [0.1, 0.15) is 16.9 Å². The maximum absolute atomic E-state index is 13.2. The number of carbonyl (C=O) groups is 2. The lowest BCUT2D eigenvalue weighted by Gasteiger charge is -2.12. The number of hydrogen-bond acceptors (Lipinski definition) is 4. The van der Waals surface area contributed by atoms with Crippen LogP contribution >= 0.6 is 0 Å². The number of para-hydroxylation sites is 1. The van der Waals surface area contributed by atoms with E-state index in [2.05, 4.69) is 5.32 Å². The summed E-state index contributed by atoms with van der Waals surface area (Å²) < 4.78 is 11.5. The smallest absolute Gasteiger partial charge is 0.256 e. The van der Waals surface area contributed by atoms with Gasteiger partial charge in [0, 0.05) is 28.0 Å². The van der Waals surface area contributed by atoms with Crippen LogP contribution in [0.3, 0.4) is 0 Å². The first-order valence-electron chi connectivity index (χ1n) is 10.1. The number of benzene rings is 4. The van der Waals surface area contributed by atoms with Crippen molar-refractivity contribution in [1.82, 2.24) is 0 Å². The fourth-order valence-corrected chi connectivity index (χ4v) is 3.83. The van der Waals surface area contributed by atoms with Gasteiger partial charge >= 0.3 is 0 Å². The molecule has 5 rings (SSSR count). The van der Waals surface area contributed by atoms with Gasteiger partial charge in [0.15, 0.2) is 5.78 Å². The van der Waals surface area contributed by atoms with E-state index in [1.54, 1.807) is 61.7 Å². The van der Waals surface area contributed by atoms with E-state index in [9.17, 15) is 9.59 Å². The molecule has 0 spiro atoms. The molecular weight excluding hydrogens is 402 g/mol. The molecule has 32 heavy (non-hydrogen) atoms. The van der Waals surface area contributed by atoms with Crippen molar-refractivity contribution in [3.63, 3.8) is 0 Å². The zero-order valence-electron chi connectivity index (χ0n) is 17.3. The molecule has 0 bridgehead atoms. The molecule has 1 amide bonds. The van der Waals surface area contributed by atoms with E-state index < -0.39 is 5.91 Å². The number of fused-ring (bicyclic) bond motifs is 3. The number of carbonyl (C=O) groups excluding carboxylic acids is 2. The van der Waals surface area contributed by atoms with Crippen molar-refractivity contribution in [2.24, 2.45) is 0 Å². The summed E-state index contributed by atoms with van der Waals surface area (Å²) in [5, 5.41) is 4.75. The fourth-order valence-electron chi connectivity index (χ4n) is 3.83. The number of anilines is 1. The number of ketones is 1. The van der Waals surface area contributed by atoms with Gasteiger partial charge in [-0.15, -0.1) is 0 Å². The standard InChI is InChI=1S/C27H19NO4/c1-31-25-15-21-18-11-7-8-14-23(18)32-24(21)16-22(25)28-27(30)20-13-6-5-12-19(20)26(29)17-9-3-2-4-10-17/h2-16H,1H3,(H,28,30). The van der Waals surface area contributed by atoms with Crippen molar-refractivity contribution >= 4 is 39.3 Å². The lowest BCUT2D eigenvalue weighted by molar-refractivity contribution is 0.0996. The van der Waals surface area contributed by atoms with Crippen molar-refractivity contribution in [3.8, 4) is 5.75 Å². The Morgan fingerprint density at radius 2 is 1.44 bits per heavy atom. The molecule has 0 radical (unpaired) electrons. The highest BCUT2D eigenvalue weighted by atomic mass is 16.5. The van der Waals surface area contributed by atoms with Crippen LogP contribution in [0.1, 0.15) is 26.3 Å². The summed E-state index contributed by atoms with van der Waals surface area (Å²) in [4.78, 5) is 26.2. The van der Waals surface area contributed by atoms with Gasteiger partial charge in [-0.2, -0.15) is 0 Å². The van der Waals surface area contributed by atoms with E-state index in [0.717, 1.165) is 16.4 Å². The molecule has 1 heterocycles. The molecule has 0 aliphatic carbocycles. The molecule has 0 unspecified atom stereocenters. The third-order valence-electron chi connectivity index (χ3n) is 5.40. The van der Waals surface area contributed by atoms with Crippen LogP contribution in [0.25, 0.3) is 21.9 Å². The van der Waals surface area contributed by atoms with Gasteiger partial charge in [0.05, 0.1) is 18.4 Å². The molecule has 0 saturated heterocycles. The third-order valence-corrected chi connectivity index (χ3v) is 5.40. The van der Waals surface area contributed by atoms with Crippen LogP contribution in [0.15, 0.2) is 95.4 Å². The monoisotopic (exact) mass is 421 g/mol. The summed E-state index contributed by atoms with van der Waals surface area (Å²) in [6.45, 7) is 0. The van der Waals surface area contributed by atoms with E-state index in [0.29, 0.717) is 28.1 Å². The molecule has 0 atom stereocenters. The van der Waals surface area contributed by atoms with Gasteiger partial charge in [-0.05, 0) is 18.2 Å². The minimum Gasteiger partial charge on any atom is -0.495 e. The summed E-state index contributed by atoms with van der Waals surface area (Å²) in [6.07, 6.45) is 0. The average molecular weight is 421 g/mol. The quantitative estimate of drug-likeness (QED) is 0.349. The zero-order chi connectivity index (χ0) is 22.1. The normalized spacial score (nSPS) is 10.9. The Hall–Kier alpha value is -4.38. The van der Waals surface area contributed by atoms with Gasteiger partial charge in [-0.3, -0.25) is 9.59 Å². The second kappa shape index (κ2) is 8.04. The molecule has 0 fully saturated rings. The summed E-state index contributed by atoms with van der Waals surface area (Å²) in [7, 11) is 1.55. The number of methoxy groups -OCH3 is 1. The third kappa shape index (κ3) is 3.40. The number of furan rings is 1. The molecule has 1 aromatic heterocycles. The summed E-state index contributed by atoms with van der Waals surface area (Å²) in [6, 6.07) is 27.0. The van der Waals surface area contributed by atoms with E-state index in [4.69, 9.17) is 9.15 Å². The first-order chi connectivity index (χ1) is 15.7. The van der Waals surface area contributed by atoms with Crippen LogP contribution < -0.4 is 10.1 Å². The fraction of sp³-hybridized carbons (Fsp3) is 0.0370. The highest BCUT2D eigenvalue weighted by Crippen LogP contribution is 2.36. The number of ether oxygens (including phenoxy) is 1. The number of hydrogen-bond donors (Lipinski definition) is 1. The second-order valence-corrected chi connectivity index (χ2v) is 7.34. The highest BCUT2D eigenvalue weighted by Gasteiger charge is 2.20. The number of nitrogens with one attached hydrogen (secondary N) is 1. The molecule has 0 aliphatic rings. The van der Waals surface area contributed by atoms with Crippen molar-refractivity contribution in [2.45, 2.75) is 0 Å². The van der Waals surface area contributed by atoms with Crippen molar-refractivity contribution < 1.29 is 18.7 Å². The molecule has 5 heteroatoms. The Bertz CT molecular complexity index is 1470. The van der Waals surface area contributed by atoms with Crippen LogP contribution in [0, 0.1) is 0 Å². The van der Waals surface area contributed by atoms with E-state index in [1.165, 1.54) is 0 Å². The molecule has 5 aromatic rings. The van der Waals surface area contributed by atoms with Crippen LogP contribution in [0.2, 0.25) is 0 Å². The first-order valence-corrected chi connectivity index (χ1v) is 10.1. The predicted molar refractivity (Wildman–Crippen MR) is 125 cm³/mol. The zero-order valence-corrected chi connectivity index (χ0v) is 17.3. The summed E-state index contributed by atoms with van der Waals surface area (Å²) >= 11 is 0. The van der Waals surface area contributed by atoms with Crippen molar-refractivity contribution in [1.29, 1.82) is 0 Å². The van der Waals surface area contributed by atoms with Crippen LogP contribution in [0.5, 0.6) is 5.75 Å². The maximum atomic E-state index is 13.2. The van der Waals surface area contributed by atoms with Gasteiger partial charge in [-0.1, -0.05) is 66.7 Å². The molecule has 1 N–H and O–H groups in total. The topological polar surface area (TPSA) is 68.5 Å². The lowest BCUT2D eigenvalue weighted by atomic mass is 9.98. The molecule has 0 saturated carbocycles. The molecule has 0 aliphatic heterocycles. The molecular formula is C27H19NO4. The first kappa shape index (κ1) is 19.6. The highest BCUT2D eigenvalue weighted by molar-refractivity contribution is 6.18. The van der Waals surface area contributed by atoms with Crippen LogP contribution in [-0.4, -0.2) is 18.8 Å². The number of rotatable bonds is 5. The Morgan fingerprint density at radius 1 is 0.750 bits per heavy atom. The van der Waals surface area contributed by atoms with E-state index in [-0.39, 0.29) is 11.3 Å². The summed E-state index contributed by atoms with van der Waals surface area (Å²) in [5.74, 6) is -0.112. The van der Waals surface area contributed by atoms with Gasteiger partial charge in [0.2, 0.25) is 0 Å². The maximum Gasteiger partial charge on any atom is 0.256 e. The number of amides is 1. The largest absolute Gasteiger partial charge is 0.495 e. The molecule has 4 aromatic carbocycles. The van der Waals surface area contributed by atoms with Gasteiger partial charge in [-0.25, -0.2) is 0 Å². The second-order valence-electron chi connectivity index (χ2n) is 7.34. The Labute approximate surface area is 184 Å². The van der Waals surface area contributed by atoms with E-state index >= 15 is 0 Å². The van der Waals surface area contributed by atoms with Crippen LogP contribution in [0.4, 0.5) is 5.69 Å². The molecule has 5 nitrogen and oxygen atoms in total. The SMILES string of the molecule is COc1cc2c(cc1NC(=O)c1ccccc1C(=O)c1ccccc1)oc1ccccc12. The van der Waals surface area contributed by atoms with Gasteiger partial charge in [0.25, 0.3) is 5.91 Å². The lowest BCUT2D eigenvalue weighted by Crippen LogP contribution is -2.17. The Balaban J connectivity index is 1.53. The van der Waals surface area contributed by atoms with Gasteiger partial charge < -0.3 is 14.5 Å². The predicted octanol–water partition coefficient (Wildman–Crippen LogP) is 6.08. The van der Waals surface area contributed by atoms with Crippen molar-refractivity contribution in [3.05, 3.63) is 108 Å². The van der Waals surface area contributed by atoms with E-state index in [1.807, 2.05) is 36.4 Å². The minimum absolute atomic E-state index is 0.212. The molecule has 156 valence electrons. The Kier molecular flexibility index (Phi) is 4.92. The van der Waals surface area contributed by atoms with Crippen molar-refractivity contribution in [2.75, 3.05) is 12.4 Å². The minimum atomic E-state index is -0.404. The Morgan fingerprint density at radius 3 is 2.22 bits per heavy atom. The van der Waals surface area contributed by atoms with Crippen LogP contribution in [-0.2, 0) is 0 Å².